The number of carbonyl (C=O) groups excluding carboxylic acids is 1. The molecule has 0 spiro atoms. The predicted molar refractivity (Wildman–Crippen MR) is 149 cm³/mol. The summed E-state index contributed by atoms with van der Waals surface area (Å²) in [4.78, 5) is 26.5. The molecule has 1 saturated heterocycles. The molecule has 0 aliphatic carbocycles. The van der Waals surface area contributed by atoms with Crippen molar-refractivity contribution in [2.75, 3.05) is 0 Å². The maximum Gasteiger partial charge on any atom is 0.343 e. The number of fused-ring (bicyclic) bond motifs is 1. The number of phenolic OH excluding ortho intramolecular Hbond substituents is 7. The summed E-state index contributed by atoms with van der Waals surface area (Å²) >= 11 is 0. The number of rotatable bonds is 5. The second-order valence-electron chi connectivity index (χ2n) is 10.2. The highest BCUT2D eigenvalue weighted by atomic mass is 16.7. The van der Waals surface area contributed by atoms with Crippen molar-refractivity contribution in [1.29, 1.82) is 0 Å². The minimum atomic E-state index is -1.91. The Morgan fingerprint density at radius 1 is 0.800 bits per heavy atom. The first-order valence-electron chi connectivity index (χ1n) is 13.0. The third kappa shape index (κ3) is 5.31. The molecule has 0 saturated carbocycles. The highest BCUT2D eigenvalue weighted by molar-refractivity contribution is 5.94. The molecule has 0 amide bonds. The van der Waals surface area contributed by atoms with Gasteiger partial charge in [0.25, 0.3) is 0 Å². The van der Waals surface area contributed by atoms with E-state index >= 15 is 0 Å². The first-order valence-corrected chi connectivity index (χ1v) is 13.0. The zero-order valence-electron chi connectivity index (χ0n) is 23.2. The third-order valence-corrected chi connectivity index (χ3v) is 7.21. The van der Waals surface area contributed by atoms with Gasteiger partial charge in [0.2, 0.25) is 23.2 Å². The number of aromatic hydroxyl groups is 7. The van der Waals surface area contributed by atoms with Gasteiger partial charge in [0, 0.05) is 23.3 Å². The molecule has 5 atom stereocenters. The van der Waals surface area contributed by atoms with Gasteiger partial charge in [-0.1, -0.05) is 0 Å². The first-order chi connectivity index (χ1) is 21.1. The fourth-order valence-electron chi connectivity index (χ4n) is 4.70. The maximum atomic E-state index is 13.7. The number of hydrogen-bond donors (Lipinski definition) is 10. The summed E-state index contributed by atoms with van der Waals surface area (Å²) in [6.07, 6.45) is -8.10. The number of ether oxygens (including phenoxy) is 3. The summed E-state index contributed by atoms with van der Waals surface area (Å²) in [7, 11) is 0. The van der Waals surface area contributed by atoms with Crippen LogP contribution in [0.15, 0.2) is 39.5 Å². The average Bonchev–Trinajstić information content (AvgIpc) is 2.98. The predicted octanol–water partition coefficient (Wildman–Crippen LogP) is 1.13. The Morgan fingerprint density at radius 3 is 2.09 bits per heavy atom. The van der Waals surface area contributed by atoms with E-state index in [1.54, 1.807) is 0 Å². The van der Waals surface area contributed by atoms with Crippen LogP contribution in [0.5, 0.6) is 51.7 Å². The van der Waals surface area contributed by atoms with Crippen molar-refractivity contribution in [3.63, 3.8) is 0 Å². The molecule has 1 aliphatic heterocycles. The number of carbonyl (C=O) groups is 1. The zero-order valence-corrected chi connectivity index (χ0v) is 23.2. The Labute approximate surface area is 251 Å². The van der Waals surface area contributed by atoms with Gasteiger partial charge >= 0.3 is 5.97 Å². The molecule has 1 fully saturated rings. The van der Waals surface area contributed by atoms with Crippen molar-refractivity contribution in [2.45, 2.75) is 44.6 Å². The molecule has 16 heteroatoms. The van der Waals surface area contributed by atoms with E-state index < -0.39 is 116 Å². The normalized spacial score (nSPS) is 21.5. The highest BCUT2D eigenvalue weighted by Crippen LogP contribution is 2.47. The maximum absolute atomic E-state index is 13.7. The molecule has 2 heterocycles. The van der Waals surface area contributed by atoms with Gasteiger partial charge in [0.05, 0.1) is 11.7 Å². The summed E-state index contributed by atoms with van der Waals surface area (Å²) < 4.78 is 22.1. The van der Waals surface area contributed by atoms with E-state index in [0.717, 1.165) is 30.3 Å². The topological polar surface area (TPSA) is 277 Å². The van der Waals surface area contributed by atoms with Crippen LogP contribution < -0.4 is 14.9 Å². The molecule has 0 bridgehead atoms. The van der Waals surface area contributed by atoms with E-state index in [9.17, 15) is 60.7 Å². The molecule has 0 unspecified atom stereocenters. The molecule has 1 aliphatic rings. The second kappa shape index (κ2) is 11.3. The van der Waals surface area contributed by atoms with Gasteiger partial charge in [-0.05, 0) is 32.0 Å². The zero-order chi connectivity index (χ0) is 33.1. The third-order valence-electron chi connectivity index (χ3n) is 7.21. The Balaban J connectivity index is 1.69. The fraction of sp³-hybridized carbons (Fsp3) is 0.241. The van der Waals surface area contributed by atoms with Crippen LogP contribution in [0.4, 0.5) is 0 Å². The quantitative estimate of drug-likeness (QED) is 0.0840. The van der Waals surface area contributed by atoms with Crippen LogP contribution in [0.3, 0.4) is 0 Å². The number of phenols is 7. The van der Waals surface area contributed by atoms with Gasteiger partial charge in [-0.2, -0.15) is 0 Å². The Hall–Kier alpha value is -5.42. The van der Waals surface area contributed by atoms with Crippen molar-refractivity contribution in [3.8, 4) is 63.1 Å². The lowest BCUT2D eigenvalue weighted by molar-refractivity contribution is -0.268. The van der Waals surface area contributed by atoms with Crippen molar-refractivity contribution < 1.29 is 74.5 Å². The number of aliphatic hydroxyl groups excluding tert-OH is 3. The summed E-state index contributed by atoms with van der Waals surface area (Å²) in [5, 5.41) is 101. The van der Waals surface area contributed by atoms with Gasteiger partial charge in [0.1, 0.15) is 40.8 Å². The average molecular weight is 631 g/mol. The fourth-order valence-corrected chi connectivity index (χ4v) is 4.70. The summed E-state index contributed by atoms with van der Waals surface area (Å²) in [5.41, 5.74) is -2.44. The second-order valence-corrected chi connectivity index (χ2v) is 10.2. The molecule has 3 aromatic carbocycles. The van der Waals surface area contributed by atoms with Crippen LogP contribution in [0.25, 0.3) is 22.3 Å². The van der Waals surface area contributed by atoms with Gasteiger partial charge in [-0.3, -0.25) is 4.79 Å². The minimum Gasteiger partial charge on any atom is -0.508 e. The lowest BCUT2D eigenvalue weighted by atomic mass is 9.99. The summed E-state index contributed by atoms with van der Waals surface area (Å²) in [5.74, 6) is -9.11. The van der Waals surface area contributed by atoms with Crippen molar-refractivity contribution >= 4 is 16.9 Å². The van der Waals surface area contributed by atoms with E-state index in [-0.39, 0.29) is 11.1 Å². The van der Waals surface area contributed by atoms with Gasteiger partial charge in [-0.25, -0.2) is 4.79 Å². The van der Waals surface area contributed by atoms with Crippen LogP contribution in [-0.2, 0) is 4.74 Å². The van der Waals surface area contributed by atoms with Crippen LogP contribution in [0.2, 0.25) is 0 Å². The monoisotopic (exact) mass is 630 g/mol. The van der Waals surface area contributed by atoms with E-state index in [0.29, 0.717) is 0 Å². The molecule has 1 aromatic heterocycles. The number of benzene rings is 3. The molecular formula is C29H26O16. The summed E-state index contributed by atoms with van der Waals surface area (Å²) in [6.45, 7) is 2.61. The molecular weight excluding hydrogens is 604 g/mol. The lowest BCUT2D eigenvalue weighted by Crippen LogP contribution is -2.58. The Morgan fingerprint density at radius 2 is 1.44 bits per heavy atom. The number of hydrogen-bond acceptors (Lipinski definition) is 16. The van der Waals surface area contributed by atoms with Gasteiger partial charge in [-0.15, -0.1) is 0 Å². The Bertz CT molecular complexity index is 1870. The lowest BCUT2D eigenvalue weighted by Gasteiger charge is -2.38. The van der Waals surface area contributed by atoms with Crippen LogP contribution in [-0.4, -0.2) is 87.7 Å². The van der Waals surface area contributed by atoms with Crippen molar-refractivity contribution in [1.82, 2.24) is 0 Å². The molecule has 45 heavy (non-hydrogen) atoms. The van der Waals surface area contributed by atoms with Crippen LogP contribution >= 0.6 is 0 Å². The largest absolute Gasteiger partial charge is 0.508 e. The van der Waals surface area contributed by atoms with E-state index in [1.807, 2.05) is 0 Å². The van der Waals surface area contributed by atoms with Crippen LogP contribution in [0, 0.1) is 6.92 Å². The molecule has 238 valence electrons. The van der Waals surface area contributed by atoms with Gasteiger partial charge < -0.3 is 69.7 Å². The summed E-state index contributed by atoms with van der Waals surface area (Å²) in [6, 6.07) is 4.24. The molecule has 4 aromatic rings. The van der Waals surface area contributed by atoms with Crippen molar-refractivity contribution in [3.05, 3.63) is 51.7 Å². The standard InChI is InChI=1S/C29H26O16/c1-8-12(7-17(22(37)19(8)34)44-28(41)10-3-14(32)21(36)15(33)4-10)26-27(45-29-25(40)24(39)20(35)9(2)42-29)23(38)18-13(31)5-11(30)6-16(18)43-26/h3-7,9,20,24-25,29-37,39-40H,1-2H3/t9-,20-,24+,25-,29-/m0/s1. The van der Waals surface area contributed by atoms with E-state index in [2.05, 4.69) is 0 Å². The first kappa shape index (κ1) is 31.0. The smallest absolute Gasteiger partial charge is 0.343 e. The molecule has 16 nitrogen and oxygen atoms in total. The highest BCUT2D eigenvalue weighted by Gasteiger charge is 2.44. The SMILES string of the molecule is Cc1c(-c2oc3cc(O)cc(O)c3c(=O)c2O[C@@H]2O[C@@H](C)[C@H](O)[C@@H](O)[C@@H]2O)cc(OC(=O)c2cc(O)c(O)c(O)c2)c(O)c1O. The van der Waals surface area contributed by atoms with Crippen molar-refractivity contribution in [2.24, 2.45) is 0 Å². The molecule has 5 rings (SSSR count). The number of esters is 1. The minimum absolute atomic E-state index is 0.183. The number of aliphatic hydroxyl groups is 3. The Kier molecular flexibility index (Phi) is 7.76. The molecule has 0 radical (unpaired) electrons. The van der Waals surface area contributed by atoms with E-state index in [1.165, 1.54) is 13.8 Å². The van der Waals surface area contributed by atoms with E-state index in [4.69, 9.17) is 18.6 Å². The van der Waals surface area contributed by atoms with Gasteiger partial charge in [0.15, 0.2) is 34.5 Å². The van der Waals surface area contributed by atoms with Crippen LogP contribution in [0.1, 0.15) is 22.8 Å². The molecule has 10 N–H and O–H groups in total.